The minimum Gasteiger partial charge on any atom is -0.481 e. The fraction of sp³-hybridized carbons (Fsp3) is 0.417. The fourth-order valence-corrected chi connectivity index (χ4v) is 4.16. The molecule has 194 valence electrons. The summed E-state index contributed by atoms with van der Waals surface area (Å²) in [5.74, 6) is -3.62. The monoisotopic (exact) mass is 512 g/mol. The number of amides is 2. The van der Waals surface area contributed by atoms with Crippen molar-refractivity contribution < 1.29 is 46.6 Å². The largest absolute Gasteiger partial charge is 0.481 e. The Morgan fingerprint density at radius 2 is 1.78 bits per heavy atom. The summed E-state index contributed by atoms with van der Waals surface area (Å²) in [5, 5.41) is 11.8. The maximum absolute atomic E-state index is 14.0. The molecule has 0 aromatic heterocycles. The zero-order valence-electron chi connectivity index (χ0n) is 19.0. The van der Waals surface area contributed by atoms with E-state index in [2.05, 4.69) is 5.32 Å². The highest BCUT2D eigenvalue weighted by atomic mass is 19.4. The van der Waals surface area contributed by atoms with Crippen molar-refractivity contribution in [2.45, 2.75) is 50.0 Å². The van der Waals surface area contributed by atoms with Crippen molar-refractivity contribution in [3.8, 4) is 0 Å². The molecule has 1 saturated heterocycles. The Balaban J connectivity index is 1.85. The van der Waals surface area contributed by atoms with Crippen molar-refractivity contribution in [2.75, 3.05) is 13.2 Å². The zero-order valence-corrected chi connectivity index (χ0v) is 19.0. The van der Waals surface area contributed by atoms with Gasteiger partial charge in [0, 0.05) is 12.1 Å². The van der Waals surface area contributed by atoms with E-state index in [9.17, 15) is 36.7 Å². The summed E-state index contributed by atoms with van der Waals surface area (Å²) in [4.78, 5) is 49.3. The van der Waals surface area contributed by atoms with Crippen LogP contribution in [0.15, 0.2) is 42.5 Å². The van der Waals surface area contributed by atoms with E-state index >= 15 is 0 Å². The van der Waals surface area contributed by atoms with Crippen LogP contribution in [0.25, 0.3) is 10.8 Å². The second-order valence-electron chi connectivity index (χ2n) is 8.34. The predicted molar refractivity (Wildman–Crippen MR) is 119 cm³/mol. The number of carbonyl (C=O) groups excluding carboxylic acids is 3. The number of carboxylic acids is 1. The molecule has 3 rings (SSSR count). The lowest BCUT2D eigenvalue weighted by Crippen LogP contribution is -2.55. The lowest BCUT2D eigenvalue weighted by Gasteiger charge is -2.35. The van der Waals surface area contributed by atoms with Crippen molar-refractivity contribution in [1.82, 2.24) is 10.2 Å². The summed E-state index contributed by atoms with van der Waals surface area (Å²) in [6.45, 7) is -1.62. The quantitative estimate of drug-likeness (QED) is 0.519. The lowest BCUT2D eigenvalue weighted by molar-refractivity contribution is -0.209. The van der Waals surface area contributed by atoms with Gasteiger partial charge in [-0.15, -0.1) is 0 Å². The molecule has 2 aromatic rings. The Labute approximate surface area is 203 Å². The molecule has 1 aliphatic rings. The Morgan fingerprint density at radius 1 is 1.08 bits per heavy atom. The summed E-state index contributed by atoms with van der Waals surface area (Å²) in [5.41, 5.74) is -0.276. The number of carboxylic acid groups (broad SMARTS) is 1. The van der Waals surface area contributed by atoms with Crippen LogP contribution in [0.2, 0.25) is 0 Å². The second-order valence-corrected chi connectivity index (χ2v) is 8.34. The molecule has 12 heteroatoms. The lowest BCUT2D eigenvalue weighted by atomic mass is 9.99. The smallest absolute Gasteiger partial charge is 0.429 e. The van der Waals surface area contributed by atoms with Crippen molar-refractivity contribution in [3.63, 3.8) is 0 Å². The molecule has 0 aliphatic carbocycles. The maximum Gasteiger partial charge on any atom is 0.429 e. The van der Waals surface area contributed by atoms with Gasteiger partial charge >= 0.3 is 18.2 Å². The first-order valence-corrected chi connectivity index (χ1v) is 11.2. The Hall–Kier alpha value is -3.70. The molecule has 1 fully saturated rings. The van der Waals surface area contributed by atoms with Crippen LogP contribution in [0, 0.1) is 0 Å². The molecule has 0 saturated carbocycles. The van der Waals surface area contributed by atoms with Crippen LogP contribution in [0.4, 0.5) is 22.4 Å². The number of halogens is 4. The minimum atomic E-state index is -4.96. The number of nitrogens with zero attached hydrogens (tertiary/aromatic N) is 1. The van der Waals surface area contributed by atoms with E-state index in [1.165, 1.54) is 18.2 Å². The number of carbonyl (C=O) groups is 4. The molecule has 1 aliphatic heterocycles. The topological polar surface area (TPSA) is 113 Å². The van der Waals surface area contributed by atoms with Crippen molar-refractivity contribution >= 4 is 34.5 Å². The van der Waals surface area contributed by atoms with Crippen LogP contribution in [0.1, 0.15) is 37.4 Å². The van der Waals surface area contributed by atoms with Crippen molar-refractivity contribution in [2.24, 2.45) is 0 Å². The van der Waals surface area contributed by atoms with Gasteiger partial charge < -0.3 is 15.2 Å². The number of hydrogen-bond donors (Lipinski definition) is 2. The average molecular weight is 512 g/mol. The molecule has 0 bridgehead atoms. The number of fused-ring (bicyclic) bond motifs is 1. The number of ether oxygens (including phenoxy) is 1. The van der Waals surface area contributed by atoms with E-state index in [1.54, 1.807) is 24.3 Å². The third-order valence-corrected chi connectivity index (χ3v) is 5.88. The number of alkyl halides is 4. The normalized spacial score (nSPS) is 17.8. The van der Waals surface area contributed by atoms with E-state index in [1.807, 2.05) is 0 Å². The number of likely N-dealkylation sites (tertiary alicyclic amines) is 1. The fourth-order valence-electron chi connectivity index (χ4n) is 4.16. The summed E-state index contributed by atoms with van der Waals surface area (Å²) in [7, 11) is 0. The molecule has 0 radical (unpaired) electrons. The van der Waals surface area contributed by atoms with E-state index < -0.39 is 61.2 Å². The summed E-state index contributed by atoms with van der Waals surface area (Å²) in [6.07, 6.45) is -9.00. The Bertz CT molecular complexity index is 1130. The summed E-state index contributed by atoms with van der Waals surface area (Å²) < 4.78 is 59.9. The zero-order chi connectivity index (χ0) is 26.5. The van der Waals surface area contributed by atoms with Gasteiger partial charge in [-0.1, -0.05) is 42.5 Å². The Kier molecular flexibility index (Phi) is 8.49. The van der Waals surface area contributed by atoms with Gasteiger partial charge in [0.2, 0.25) is 12.0 Å². The van der Waals surface area contributed by atoms with Gasteiger partial charge in [-0.3, -0.25) is 19.3 Å². The third-order valence-electron chi connectivity index (χ3n) is 5.88. The number of piperidine rings is 1. The van der Waals surface area contributed by atoms with Crippen LogP contribution < -0.4 is 5.32 Å². The molecular weight excluding hydrogens is 488 g/mol. The molecule has 8 nitrogen and oxygen atoms in total. The Morgan fingerprint density at radius 3 is 2.44 bits per heavy atom. The average Bonchev–Trinajstić information content (AvgIpc) is 2.85. The standard InChI is InChI=1S/C24H24F4N2O6/c25-13-19(31)17(12-20(32)33)29-22(34)18-10-3-4-11-30(18)23(35)36-21(24(26,27)28)16-9-5-7-14-6-1-2-8-15(14)16/h1-2,5-9,17-18,21H,3-4,10-13H2,(H,29,34)(H,32,33). The van der Waals surface area contributed by atoms with E-state index in [0.717, 1.165) is 4.90 Å². The van der Waals surface area contributed by atoms with Crippen LogP contribution in [-0.2, 0) is 19.1 Å². The second kappa shape index (κ2) is 11.4. The molecule has 2 amide bonds. The molecule has 36 heavy (non-hydrogen) atoms. The van der Waals surface area contributed by atoms with Gasteiger partial charge in [-0.05, 0) is 30.0 Å². The highest BCUT2D eigenvalue weighted by Gasteiger charge is 2.46. The number of hydrogen-bond acceptors (Lipinski definition) is 5. The van der Waals surface area contributed by atoms with Crippen molar-refractivity contribution in [1.29, 1.82) is 0 Å². The summed E-state index contributed by atoms with van der Waals surface area (Å²) >= 11 is 0. The van der Waals surface area contributed by atoms with E-state index in [0.29, 0.717) is 18.2 Å². The number of nitrogens with one attached hydrogen (secondary N) is 1. The van der Waals surface area contributed by atoms with Gasteiger partial charge in [0.25, 0.3) is 0 Å². The van der Waals surface area contributed by atoms with Gasteiger partial charge in [0.05, 0.1) is 6.42 Å². The molecule has 1 heterocycles. The van der Waals surface area contributed by atoms with E-state index in [-0.39, 0.29) is 23.9 Å². The van der Waals surface area contributed by atoms with E-state index in [4.69, 9.17) is 9.84 Å². The summed E-state index contributed by atoms with van der Waals surface area (Å²) in [6, 6.07) is 7.52. The molecule has 2 N–H and O–H groups in total. The van der Waals surface area contributed by atoms with Crippen LogP contribution >= 0.6 is 0 Å². The maximum atomic E-state index is 14.0. The van der Waals surface area contributed by atoms with Gasteiger partial charge in [0.1, 0.15) is 18.8 Å². The molecule has 3 unspecified atom stereocenters. The molecule has 3 atom stereocenters. The van der Waals surface area contributed by atoms with Crippen molar-refractivity contribution in [3.05, 3.63) is 48.0 Å². The number of Topliss-reactive ketones (excluding diaryl/α,β-unsaturated/α-hetero) is 1. The number of rotatable bonds is 8. The molecule has 0 spiro atoms. The van der Waals surface area contributed by atoms with Gasteiger partial charge in [-0.2, -0.15) is 13.2 Å². The van der Waals surface area contributed by atoms with Crippen LogP contribution in [-0.4, -0.2) is 65.2 Å². The first-order chi connectivity index (χ1) is 17.0. The highest BCUT2D eigenvalue weighted by molar-refractivity contribution is 5.94. The first-order valence-electron chi connectivity index (χ1n) is 11.2. The minimum absolute atomic E-state index is 0.0372. The molecule has 2 aromatic carbocycles. The highest BCUT2D eigenvalue weighted by Crippen LogP contribution is 2.39. The van der Waals surface area contributed by atoms with Gasteiger partial charge in [0.15, 0.2) is 5.78 Å². The number of benzene rings is 2. The predicted octanol–water partition coefficient (Wildman–Crippen LogP) is 3.93. The first kappa shape index (κ1) is 26.9. The van der Waals surface area contributed by atoms with Crippen LogP contribution in [0.3, 0.4) is 0 Å². The molecular formula is C24H24F4N2O6. The van der Waals surface area contributed by atoms with Crippen LogP contribution in [0.5, 0.6) is 0 Å². The van der Waals surface area contributed by atoms with Gasteiger partial charge in [-0.25, -0.2) is 9.18 Å². The SMILES string of the molecule is O=C(O)CC(NC(=O)C1CCCCN1C(=O)OC(c1cccc2ccccc12)C(F)(F)F)C(=O)CF. The number of aliphatic carboxylic acids is 1. The number of ketones is 1. The third kappa shape index (κ3) is 6.29.